The van der Waals surface area contributed by atoms with Crippen LogP contribution >= 0.6 is 0 Å². The van der Waals surface area contributed by atoms with E-state index < -0.39 is 11.8 Å². The molecule has 47 heavy (non-hydrogen) atoms. The first-order chi connectivity index (χ1) is 22.8. The van der Waals surface area contributed by atoms with Crippen molar-refractivity contribution in [1.29, 1.82) is 0 Å². The molecule has 5 aromatic rings. The fraction of sp³-hybridized carbons (Fsp3) is 0.0500. The number of hydrogen-bond donors (Lipinski definition) is 3. The molecule has 0 saturated heterocycles. The summed E-state index contributed by atoms with van der Waals surface area (Å²) in [6.45, 7) is 1.98. The standard InChI is InChI=1S/C40H33N3O4/c1-28-12-14-30(15-13-28)26-39(46)43-36-22-21-34(27-35(36)40(47)33-10-6-3-7-11-33)42-38(45)24-25-41-37(44)23-18-29-16-19-32(20-17-29)31-8-4-2-5-9-31/h2-25,27H,26H2,1H3,(H,41,44)(H,42,45)(H,43,46)/b23-18+,25-24+. The van der Waals surface area contributed by atoms with Crippen LogP contribution in [0.25, 0.3) is 17.2 Å². The van der Waals surface area contributed by atoms with Crippen molar-refractivity contribution >= 4 is 41.0 Å². The smallest absolute Gasteiger partial charge is 0.249 e. The lowest BCUT2D eigenvalue weighted by Gasteiger charge is -2.13. The summed E-state index contributed by atoms with van der Waals surface area (Å²) in [5, 5.41) is 8.09. The molecule has 0 aromatic heterocycles. The SMILES string of the molecule is Cc1ccc(CC(=O)Nc2ccc(NC(=O)/C=C/NC(=O)/C=C/c3ccc(-c4ccccc4)cc3)cc2C(=O)c2ccccc2)cc1. The van der Waals surface area contributed by atoms with Crippen LogP contribution in [0.1, 0.15) is 32.6 Å². The molecule has 3 amide bonds. The molecule has 0 bridgehead atoms. The maximum atomic E-state index is 13.4. The third-order valence-corrected chi connectivity index (χ3v) is 7.23. The largest absolute Gasteiger partial charge is 0.329 e. The van der Waals surface area contributed by atoms with Crippen LogP contribution in [0.3, 0.4) is 0 Å². The minimum absolute atomic E-state index is 0.143. The van der Waals surface area contributed by atoms with Gasteiger partial charge in [0, 0.05) is 35.2 Å². The summed E-state index contributed by atoms with van der Waals surface area (Å²) >= 11 is 0. The van der Waals surface area contributed by atoms with Crippen molar-refractivity contribution in [2.24, 2.45) is 0 Å². The van der Waals surface area contributed by atoms with Crippen molar-refractivity contribution < 1.29 is 19.2 Å². The van der Waals surface area contributed by atoms with Crippen LogP contribution in [0, 0.1) is 6.92 Å². The average molecular weight is 620 g/mol. The van der Waals surface area contributed by atoms with Gasteiger partial charge in [-0.3, -0.25) is 19.2 Å². The van der Waals surface area contributed by atoms with Gasteiger partial charge in [-0.1, -0.05) is 115 Å². The Labute approximate surface area is 273 Å². The molecule has 3 N–H and O–H groups in total. The summed E-state index contributed by atoms with van der Waals surface area (Å²) in [5.41, 5.74) is 6.33. The molecule has 0 fully saturated rings. The Morgan fingerprint density at radius 1 is 0.638 bits per heavy atom. The van der Waals surface area contributed by atoms with Crippen molar-refractivity contribution in [3.63, 3.8) is 0 Å². The number of amides is 3. The van der Waals surface area contributed by atoms with Gasteiger partial charge in [0.1, 0.15) is 0 Å². The highest BCUT2D eigenvalue weighted by Crippen LogP contribution is 2.25. The maximum absolute atomic E-state index is 13.4. The van der Waals surface area contributed by atoms with Crippen LogP contribution in [0.2, 0.25) is 0 Å². The van der Waals surface area contributed by atoms with E-state index in [1.807, 2.05) is 91.9 Å². The quantitative estimate of drug-likeness (QED) is 0.106. The number of hydrogen-bond acceptors (Lipinski definition) is 4. The Morgan fingerprint density at radius 3 is 2.00 bits per heavy atom. The molecule has 0 heterocycles. The second kappa shape index (κ2) is 15.6. The summed E-state index contributed by atoms with van der Waals surface area (Å²) in [5.74, 6) is -1.50. The van der Waals surface area contributed by atoms with E-state index in [9.17, 15) is 19.2 Å². The highest BCUT2D eigenvalue weighted by Gasteiger charge is 2.17. The van der Waals surface area contributed by atoms with Gasteiger partial charge in [0.25, 0.3) is 0 Å². The third kappa shape index (κ3) is 9.33. The molecular weight excluding hydrogens is 586 g/mol. The van der Waals surface area contributed by atoms with Crippen LogP contribution in [-0.2, 0) is 20.8 Å². The Bertz CT molecular complexity index is 1930. The molecule has 0 spiro atoms. The summed E-state index contributed by atoms with van der Waals surface area (Å²) < 4.78 is 0. The topological polar surface area (TPSA) is 104 Å². The highest BCUT2D eigenvalue weighted by atomic mass is 16.2. The summed E-state index contributed by atoms with van der Waals surface area (Å²) in [6, 6.07) is 38.9. The minimum Gasteiger partial charge on any atom is -0.329 e. The zero-order valence-electron chi connectivity index (χ0n) is 25.8. The average Bonchev–Trinajstić information content (AvgIpc) is 3.09. The van der Waals surface area contributed by atoms with Crippen molar-refractivity contribution in [2.75, 3.05) is 10.6 Å². The molecule has 0 unspecified atom stereocenters. The number of rotatable bonds is 11. The summed E-state index contributed by atoms with van der Waals surface area (Å²) in [7, 11) is 0. The number of benzene rings is 5. The van der Waals surface area contributed by atoms with Crippen molar-refractivity contribution in [3.05, 3.63) is 174 Å². The number of aryl methyl sites for hydroxylation is 1. The molecule has 0 aliphatic rings. The summed E-state index contributed by atoms with van der Waals surface area (Å²) in [6.07, 6.45) is 5.63. The number of nitrogens with one attached hydrogen (secondary N) is 3. The van der Waals surface area contributed by atoms with Gasteiger partial charge in [0.05, 0.1) is 12.1 Å². The van der Waals surface area contributed by atoms with Gasteiger partial charge < -0.3 is 16.0 Å². The van der Waals surface area contributed by atoms with Gasteiger partial charge in [0.15, 0.2) is 5.78 Å². The second-order valence-electron chi connectivity index (χ2n) is 10.8. The Kier molecular flexibility index (Phi) is 10.6. The number of anilines is 2. The Balaban J connectivity index is 1.20. The van der Waals surface area contributed by atoms with Crippen molar-refractivity contribution in [1.82, 2.24) is 5.32 Å². The van der Waals surface area contributed by atoms with E-state index in [-0.39, 0.29) is 23.7 Å². The number of carbonyl (C=O) groups excluding carboxylic acids is 4. The molecule has 5 aromatic carbocycles. The Morgan fingerprint density at radius 2 is 1.30 bits per heavy atom. The van der Waals surface area contributed by atoms with Gasteiger partial charge in [0.2, 0.25) is 17.7 Å². The van der Waals surface area contributed by atoms with Gasteiger partial charge >= 0.3 is 0 Å². The van der Waals surface area contributed by atoms with Gasteiger partial charge in [-0.2, -0.15) is 0 Å². The fourth-order valence-electron chi connectivity index (χ4n) is 4.77. The molecule has 5 rings (SSSR count). The Hall–Kier alpha value is -6.34. The molecule has 0 saturated carbocycles. The van der Waals surface area contributed by atoms with E-state index in [0.717, 1.165) is 27.8 Å². The van der Waals surface area contributed by atoms with E-state index in [1.165, 1.54) is 24.4 Å². The van der Waals surface area contributed by atoms with Crippen LogP contribution in [-0.4, -0.2) is 23.5 Å². The first-order valence-corrected chi connectivity index (χ1v) is 15.0. The lowest BCUT2D eigenvalue weighted by atomic mass is 10.0. The van der Waals surface area contributed by atoms with Gasteiger partial charge in [-0.25, -0.2) is 0 Å². The predicted octanol–water partition coefficient (Wildman–Crippen LogP) is 7.36. The first kappa shape index (κ1) is 32.1. The van der Waals surface area contributed by atoms with Gasteiger partial charge in [-0.05, 0) is 53.5 Å². The molecule has 0 atom stereocenters. The fourth-order valence-corrected chi connectivity index (χ4v) is 4.77. The minimum atomic E-state index is -0.514. The lowest BCUT2D eigenvalue weighted by Crippen LogP contribution is -2.18. The maximum Gasteiger partial charge on any atom is 0.249 e. The van der Waals surface area contributed by atoms with Crippen LogP contribution < -0.4 is 16.0 Å². The molecular formula is C40H33N3O4. The molecule has 0 radical (unpaired) electrons. The van der Waals surface area contributed by atoms with Crippen molar-refractivity contribution in [3.8, 4) is 11.1 Å². The number of carbonyl (C=O) groups is 4. The van der Waals surface area contributed by atoms with Crippen LogP contribution in [0.4, 0.5) is 11.4 Å². The molecule has 7 heteroatoms. The van der Waals surface area contributed by atoms with E-state index >= 15 is 0 Å². The van der Waals surface area contributed by atoms with Gasteiger partial charge in [-0.15, -0.1) is 0 Å². The lowest BCUT2D eigenvalue weighted by molar-refractivity contribution is -0.116. The normalized spacial score (nSPS) is 10.9. The first-order valence-electron chi connectivity index (χ1n) is 15.0. The summed E-state index contributed by atoms with van der Waals surface area (Å²) in [4.78, 5) is 51.3. The number of ketones is 1. The zero-order valence-corrected chi connectivity index (χ0v) is 25.8. The van der Waals surface area contributed by atoms with E-state index in [4.69, 9.17) is 0 Å². The zero-order chi connectivity index (χ0) is 33.0. The van der Waals surface area contributed by atoms with Crippen molar-refractivity contribution in [2.45, 2.75) is 13.3 Å². The monoisotopic (exact) mass is 619 g/mol. The predicted molar refractivity (Wildman–Crippen MR) is 187 cm³/mol. The van der Waals surface area contributed by atoms with Crippen LogP contribution in [0.15, 0.2) is 146 Å². The molecule has 7 nitrogen and oxygen atoms in total. The molecule has 232 valence electrons. The van der Waals surface area contributed by atoms with E-state index in [1.54, 1.807) is 42.5 Å². The third-order valence-electron chi connectivity index (χ3n) is 7.23. The highest BCUT2D eigenvalue weighted by molar-refractivity contribution is 6.15. The van der Waals surface area contributed by atoms with E-state index in [0.29, 0.717) is 16.9 Å². The molecule has 0 aliphatic carbocycles. The van der Waals surface area contributed by atoms with Crippen LogP contribution in [0.5, 0.6) is 0 Å². The molecule has 0 aliphatic heterocycles. The van der Waals surface area contributed by atoms with E-state index in [2.05, 4.69) is 16.0 Å². The second-order valence-corrected chi connectivity index (χ2v) is 10.8.